The van der Waals surface area contributed by atoms with Crippen LogP contribution in [0.15, 0.2) is 30.3 Å². The van der Waals surface area contributed by atoms with E-state index in [1.807, 2.05) is 24.3 Å². The number of benzene rings is 2. The largest absolute Gasteiger partial charge is 0.493 e. The molecule has 35 heavy (non-hydrogen) atoms. The van der Waals surface area contributed by atoms with E-state index < -0.39 is 11.7 Å². The molecule has 0 spiro atoms. The summed E-state index contributed by atoms with van der Waals surface area (Å²) in [5.41, 5.74) is 1.62. The Bertz CT molecular complexity index is 1070. The van der Waals surface area contributed by atoms with Crippen molar-refractivity contribution in [2.75, 3.05) is 28.4 Å². The molecule has 0 aliphatic carbocycles. The van der Waals surface area contributed by atoms with E-state index in [0.717, 1.165) is 31.6 Å². The summed E-state index contributed by atoms with van der Waals surface area (Å²) in [4.78, 5) is 2.37. The molecule has 0 saturated heterocycles. The minimum atomic E-state index is -0.738. The Kier molecular flexibility index (Phi) is 7.32. The van der Waals surface area contributed by atoms with Crippen molar-refractivity contribution in [1.29, 1.82) is 5.26 Å². The predicted octanol–water partition coefficient (Wildman–Crippen LogP) is 5.20. The molecule has 2 heterocycles. The van der Waals surface area contributed by atoms with E-state index >= 15 is 0 Å². The van der Waals surface area contributed by atoms with E-state index in [2.05, 4.69) is 37.9 Å². The van der Waals surface area contributed by atoms with E-state index in [4.69, 9.17) is 23.7 Å². The number of para-hydroxylation sites is 2. The molecule has 0 amide bonds. The maximum atomic E-state index is 10.3. The molecular weight excluding hydrogens is 444 g/mol. The lowest BCUT2D eigenvalue weighted by molar-refractivity contribution is -0.0656. The molecule has 0 radical (unpaired) electrons. The molecule has 2 aromatic rings. The second-order valence-corrected chi connectivity index (χ2v) is 9.77. The predicted molar refractivity (Wildman–Crippen MR) is 133 cm³/mol. The third-order valence-electron chi connectivity index (χ3n) is 7.61. The van der Waals surface area contributed by atoms with Crippen LogP contribution in [0, 0.1) is 22.7 Å². The van der Waals surface area contributed by atoms with Gasteiger partial charge in [-0.2, -0.15) is 5.26 Å². The molecule has 7 heteroatoms. The Morgan fingerprint density at radius 1 is 1.09 bits per heavy atom. The van der Waals surface area contributed by atoms with Gasteiger partial charge in [0.25, 0.3) is 6.29 Å². The fourth-order valence-electron chi connectivity index (χ4n) is 5.40. The molecule has 2 atom stereocenters. The molecular formula is C28H36N2O5. The fraction of sp³-hybridized carbons (Fsp3) is 0.536. The fourth-order valence-corrected chi connectivity index (χ4v) is 5.40. The summed E-state index contributed by atoms with van der Waals surface area (Å²) in [6.45, 7) is 4.95. The van der Waals surface area contributed by atoms with Gasteiger partial charge in [-0.15, -0.1) is 0 Å². The summed E-state index contributed by atoms with van der Waals surface area (Å²) in [5.74, 6) is 3.56. The van der Waals surface area contributed by atoms with Crippen LogP contribution in [0.4, 0.5) is 0 Å². The van der Waals surface area contributed by atoms with Gasteiger partial charge in [0.05, 0.1) is 27.4 Å². The zero-order valence-corrected chi connectivity index (χ0v) is 21.6. The number of fused-ring (bicyclic) bond motifs is 2. The average Bonchev–Trinajstić information content (AvgIpc) is 3.30. The Balaban J connectivity index is 1.49. The normalized spacial score (nSPS) is 19.1. The van der Waals surface area contributed by atoms with Crippen LogP contribution in [0.5, 0.6) is 28.7 Å². The van der Waals surface area contributed by atoms with Gasteiger partial charge in [0.1, 0.15) is 5.41 Å². The van der Waals surface area contributed by atoms with Crippen LogP contribution < -0.4 is 23.7 Å². The number of ether oxygens (including phenoxy) is 5. The zero-order chi connectivity index (χ0) is 25.2. The van der Waals surface area contributed by atoms with Crippen molar-refractivity contribution in [3.05, 3.63) is 41.5 Å². The summed E-state index contributed by atoms with van der Waals surface area (Å²) in [5, 5.41) is 10.3. The number of hydrogen-bond acceptors (Lipinski definition) is 7. The van der Waals surface area contributed by atoms with E-state index in [1.54, 1.807) is 21.3 Å². The SMILES string of the molecule is COc1cc2c(c(OC)c1OC)CC(CCCC(C#N)(C(C)C)C1Oc3ccccc3O1)N(C)C2. The Labute approximate surface area is 208 Å². The molecule has 4 rings (SSSR count). The van der Waals surface area contributed by atoms with Gasteiger partial charge >= 0.3 is 0 Å². The molecule has 2 aliphatic heterocycles. The molecule has 0 fully saturated rings. The number of methoxy groups -OCH3 is 3. The lowest BCUT2D eigenvalue weighted by atomic mass is 9.73. The van der Waals surface area contributed by atoms with Crippen molar-refractivity contribution in [1.82, 2.24) is 4.90 Å². The minimum absolute atomic E-state index is 0.0773. The summed E-state index contributed by atoms with van der Waals surface area (Å²) >= 11 is 0. The van der Waals surface area contributed by atoms with Crippen molar-refractivity contribution in [2.45, 2.75) is 58.4 Å². The Hall–Kier alpha value is -3.11. The third kappa shape index (κ3) is 4.48. The lowest BCUT2D eigenvalue weighted by Gasteiger charge is -2.37. The monoisotopic (exact) mass is 480 g/mol. The number of rotatable bonds is 9. The maximum absolute atomic E-state index is 10.3. The highest BCUT2D eigenvalue weighted by Crippen LogP contribution is 2.47. The second kappa shape index (κ2) is 10.2. The van der Waals surface area contributed by atoms with Crippen LogP contribution in [0.3, 0.4) is 0 Å². The smallest absolute Gasteiger partial charge is 0.260 e. The number of hydrogen-bond donors (Lipinski definition) is 0. The van der Waals surface area contributed by atoms with Crippen molar-refractivity contribution in [3.63, 3.8) is 0 Å². The highest BCUT2D eigenvalue weighted by atomic mass is 16.7. The summed E-state index contributed by atoms with van der Waals surface area (Å²) in [7, 11) is 7.11. The average molecular weight is 481 g/mol. The van der Waals surface area contributed by atoms with Crippen LogP contribution in [0.25, 0.3) is 0 Å². The molecule has 0 aromatic heterocycles. The number of likely N-dealkylation sites (N-methyl/N-ethyl adjacent to an activating group) is 1. The molecule has 2 aliphatic rings. The summed E-state index contributed by atoms with van der Waals surface area (Å²) in [6, 6.07) is 12.6. The first-order chi connectivity index (χ1) is 16.9. The third-order valence-corrected chi connectivity index (χ3v) is 7.61. The van der Waals surface area contributed by atoms with E-state index in [0.29, 0.717) is 35.5 Å². The van der Waals surface area contributed by atoms with Crippen LogP contribution in [0.1, 0.15) is 44.2 Å². The van der Waals surface area contributed by atoms with E-state index in [-0.39, 0.29) is 5.92 Å². The van der Waals surface area contributed by atoms with E-state index in [9.17, 15) is 5.26 Å². The van der Waals surface area contributed by atoms with Crippen molar-refractivity contribution in [3.8, 4) is 34.8 Å². The highest BCUT2D eigenvalue weighted by molar-refractivity contribution is 5.60. The first-order valence-corrected chi connectivity index (χ1v) is 12.2. The van der Waals surface area contributed by atoms with Crippen molar-refractivity contribution < 1.29 is 23.7 Å². The molecule has 7 nitrogen and oxygen atoms in total. The molecule has 2 unspecified atom stereocenters. The van der Waals surface area contributed by atoms with Crippen molar-refractivity contribution >= 4 is 0 Å². The minimum Gasteiger partial charge on any atom is -0.493 e. The topological polar surface area (TPSA) is 73.2 Å². The number of nitrogens with zero attached hydrogens (tertiary/aromatic N) is 2. The standard InChI is InChI=1S/C28H36N2O5/c1-18(2)28(17-29,27-34-22-11-7-8-12-23(22)35-27)13-9-10-20-15-21-19(16-30(20)3)14-24(31-4)26(33-6)25(21)32-5/h7-8,11-12,14,18,20,27H,9-10,13,15-16H2,1-6H3. The van der Waals surface area contributed by atoms with Crippen LogP contribution in [0.2, 0.25) is 0 Å². The highest BCUT2D eigenvalue weighted by Gasteiger charge is 2.48. The second-order valence-electron chi connectivity index (χ2n) is 9.77. The maximum Gasteiger partial charge on any atom is 0.260 e. The molecule has 0 bridgehead atoms. The van der Waals surface area contributed by atoms with Gasteiger partial charge in [-0.3, -0.25) is 4.90 Å². The molecule has 0 N–H and O–H groups in total. The van der Waals surface area contributed by atoms with Crippen LogP contribution in [-0.2, 0) is 13.0 Å². The van der Waals surface area contributed by atoms with Gasteiger partial charge in [-0.1, -0.05) is 26.0 Å². The first kappa shape index (κ1) is 25.0. The lowest BCUT2D eigenvalue weighted by Crippen LogP contribution is -2.44. The summed E-state index contributed by atoms with van der Waals surface area (Å²) < 4.78 is 29.1. The van der Waals surface area contributed by atoms with Gasteiger partial charge in [0.15, 0.2) is 23.0 Å². The van der Waals surface area contributed by atoms with Gasteiger partial charge in [0.2, 0.25) is 5.75 Å². The van der Waals surface area contributed by atoms with Gasteiger partial charge in [-0.05, 0) is 62.4 Å². The first-order valence-electron chi connectivity index (χ1n) is 12.2. The Morgan fingerprint density at radius 2 is 1.74 bits per heavy atom. The molecule has 2 aromatic carbocycles. The quantitative estimate of drug-likeness (QED) is 0.488. The van der Waals surface area contributed by atoms with Gasteiger partial charge in [0, 0.05) is 18.2 Å². The van der Waals surface area contributed by atoms with Gasteiger partial charge < -0.3 is 23.7 Å². The van der Waals surface area contributed by atoms with Gasteiger partial charge in [-0.25, -0.2) is 0 Å². The molecule has 0 saturated carbocycles. The summed E-state index contributed by atoms with van der Waals surface area (Å²) in [6.07, 6.45) is 2.76. The zero-order valence-electron chi connectivity index (χ0n) is 21.6. The van der Waals surface area contributed by atoms with Crippen LogP contribution in [-0.4, -0.2) is 45.6 Å². The Morgan fingerprint density at radius 3 is 2.29 bits per heavy atom. The van der Waals surface area contributed by atoms with Crippen LogP contribution >= 0.6 is 0 Å². The number of nitriles is 1. The molecule has 188 valence electrons. The van der Waals surface area contributed by atoms with Crippen molar-refractivity contribution in [2.24, 2.45) is 11.3 Å². The van der Waals surface area contributed by atoms with E-state index in [1.165, 1.54) is 11.1 Å².